The van der Waals surface area contributed by atoms with Crippen LogP contribution in [-0.4, -0.2) is 41.7 Å². The molecule has 0 saturated carbocycles. The summed E-state index contributed by atoms with van der Waals surface area (Å²) in [6.45, 7) is 1.82. The van der Waals surface area contributed by atoms with Crippen LogP contribution in [0.1, 0.15) is 5.82 Å². The van der Waals surface area contributed by atoms with Gasteiger partial charge in [-0.3, -0.25) is 5.10 Å². The minimum absolute atomic E-state index is 0.476. The smallest absolute Gasteiger partial charge is 0.242 e. The van der Waals surface area contributed by atoms with Gasteiger partial charge >= 0.3 is 0 Å². The Hall–Kier alpha value is -3.01. The standard InChI is InChI=1S/C15H14BrN9/c1-8-19-13(17-2)23-14(20-8)25-11-4-3-9(16)7-10(11)21-15(25)22-12-5-6-18-24-12/h3-7H,1-2H3,(H,17,19,20,23)(H2,18,21,22,24). The Kier molecular flexibility index (Phi) is 3.80. The number of aryl methyl sites for hydroxylation is 1. The zero-order valence-corrected chi connectivity index (χ0v) is 15.0. The molecule has 1 aromatic carbocycles. The molecule has 0 amide bonds. The van der Waals surface area contributed by atoms with Gasteiger partial charge in [-0.2, -0.15) is 20.1 Å². The summed E-state index contributed by atoms with van der Waals surface area (Å²) in [5.41, 5.74) is 1.68. The number of nitrogens with zero attached hydrogens (tertiary/aromatic N) is 6. The number of hydrogen-bond donors (Lipinski definition) is 3. The first kappa shape index (κ1) is 15.5. The summed E-state index contributed by atoms with van der Waals surface area (Å²) in [6, 6.07) is 7.67. The van der Waals surface area contributed by atoms with E-state index in [-0.39, 0.29) is 0 Å². The molecule has 10 heteroatoms. The summed E-state index contributed by atoms with van der Waals surface area (Å²) in [6.07, 6.45) is 1.66. The van der Waals surface area contributed by atoms with Crippen LogP contribution >= 0.6 is 15.9 Å². The molecule has 4 rings (SSSR count). The number of aromatic amines is 1. The van der Waals surface area contributed by atoms with E-state index >= 15 is 0 Å². The van der Waals surface area contributed by atoms with Gasteiger partial charge in [0, 0.05) is 17.6 Å². The fourth-order valence-corrected chi connectivity index (χ4v) is 2.81. The molecule has 3 N–H and O–H groups in total. The van der Waals surface area contributed by atoms with E-state index in [1.165, 1.54) is 0 Å². The molecule has 25 heavy (non-hydrogen) atoms. The van der Waals surface area contributed by atoms with Crippen molar-refractivity contribution in [3.05, 3.63) is 40.8 Å². The van der Waals surface area contributed by atoms with Gasteiger partial charge in [0.25, 0.3) is 0 Å². The second-order valence-corrected chi connectivity index (χ2v) is 6.17. The highest BCUT2D eigenvalue weighted by Crippen LogP contribution is 2.27. The van der Waals surface area contributed by atoms with E-state index in [0.717, 1.165) is 21.3 Å². The van der Waals surface area contributed by atoms with Crippen molar-refractivity contribution in [3.8, 4) is 5.95 Å². The van der Waals surface area contributed by atoms with Gasteiger partial charge in [-0.15, -0.1) is 0 Å². The Morgan fingerprint density at radius 3 is 2.76 bits per heavy atom. The summed E-state index contributed by atoms with van der Waals surface area (Å²) in [7, 11) is 1.77. The van der Waals surface area contributed by atoms with Gasteiger partial charge in [0.1, 0.15) is 11.6 Å². The average Bonchev–Trinajstić information content (AvgIpc) is 3.21. The van der Waals surface area contributed by atoms with Crippen LogP contribution in [0.2, 0.25) is 0 Å². The van der Waals surface area contributed by atoms with Crippen LogP contribution in [0.25, 0.3) is 17.0 Å². The predicted molar refractivity (Wildman–Crippen MR) is 98.3 cm³/mol. The molecule has 0 fully saturated rings. The minimum Gasteiger partial charge on any atom is -0.357 e. The third-order valence-corrected chi connectivity index (χ3v) is 4.02. The van der Waals surface area contributed by atoms with Gasteiger partial charge in [-0.25, -0.2) is 9.55 Å². The molecular formula is C15H14BrN9. The molecule has 0 bridgehead atoms. The quantitative estimate of drug-likeness (QED) is 0.483. The molecule has 9 nitrogen and oxygen atoms in total. The van der Waals surface area contributed by atoms with Crippen LogP contribution in [0.5, 0.6) is 0 Å². The second-order valence-electron chi connectivity index (χ2n) is 5.26. The Balaban J connectivity index is 1.95. The predicted octanol–water partition coefficient (Wildman–Crippen LogP) is 2.79. The highest BCUT2D eigenvalue weighted by molar-refractivity contribution is 9.10. The fourth-order valence-electron chi connectivity index (χ4n) is 2.47. The molecule has 126 valence electrons. The molecule has 0 spiro atoms. The summed E-state index contributed by atoms with van der Waals surface area (Å²) in [5.74, 6) is 2.87. The van der Waals surface area contributed by atoms with E-state index in [9.17, 15) is 0 Å². The average molecular weight is 400 g/mol. The van der Waals surface area contributed by atoms with E-state index < -0.39 is 0 Å². The maximum Gasteiger partial charge on any atom is 0.242 e. The van der Waals surface area contributed by atoms with Gasteiger partial charge in [0.05, 0.1) is 17.2 Å². The molecule has 0 aliphatic carbocycles. The lowest BCUT2D eigenvalue weighted by molar-refractivity contribution is 0.887. The van der Waals surface area contributed by atoms with Gasteiger partial charge in [0.15, 0.2) is 0 Å². The topological polar surface area (TPSA) is 109 Å². The van der Waals surface area contributed by atoms with Gasteiger partial charge in [0.2, 0.25) is 17.8 Å². The summed E-state index contributed by atoms with van der Waals surface area (Å²) < 4.78 is 2.79. The van der Waals surface area contributed by atoms with Gasteiger partial charge in [-0.05, 0) is 25.1 Å². The zero-order chi connectivity index (χ0) is 17.4. The van der Waals surface area contributed by atoms with Crippen LogP contribution < -0.4 is 10.6 Å². The van der Waals surface area contributed by atoms with Gasteiger partial charge < -0.3 is 10.6 Å². The van der Waals surface area contributed by atoms with Crippen molar-refractivity contribution in [1.82, 2.24) is 34.7 Å². The third kappa shape index (κ3) is 2.91. The molecule has 0 atom stereocenters. The maximum atomic E-state index is 4.66. The van der Waals surface area contributed by atoms with Crippen molar-refractivity contribution in [2.45, 2.75) is 6.92 Å². The number of anilines is 3. The van der Waals surface area contributed by atoms with E-state index in [2.05, 4.69) is 56.7 Å². The van der Waals surface area contributed by atoms with Crippen LogP contribution in [0.4, 0.5) is 17.7 Å². The second kappa shape index (κ2) is 6.13. The van der Waals surface area contributed by atoms with E-state index in [0.29, 0.717) is 23.7 Å². The monoisotopic (exact) mass is 399 g/mol. The normalized spacial score (nSPS) is 11.0. The molecule has 3 aromatic heterocycles. The van der Waals surface area contributed by atoms with Crippen molar-refractivity contribution in [2.24, 2.45) is 0 Å². The summed E-state index contributed by atoms with van der Waals surface area (Å²) in [5, 5.41) is 13.0. The molecule has 0 unspecified atom stereocenters. The number of aromatic nitrogens is 7. The number of benzene rings is 1. The summed E-state index contributed by atoms with van der Waals surface area (Å²) in [4.78, 5) is 17.9. The Bertz CT molecular complexity index is 1040. The maximum absolute atomic E-state index is 4.66. The Morgan fingerprint density at radius 1 is 1.12 bits per heavy atom. The highest BCUT2D eigenvalue weighted by atomic mass is 79.9. The number of fused-ring (bicyclic) bond motifs is 1. The van der Waals surface area contributed by atoms with Crippen LogP contribution in [0, 0.1) is 6.92 Å². The lowest BCUT2D eigenvalue weighted by atomic mass is 10.3. The first-order valence-corrected chi connectivity index (χ1v) is 8.28. The zero-order valence-electron chi connectivity index (χ0n) is 13.4. The third-order valence-electron chi connectivity index (χ3n) is 3.52. The van der Waals surface area contributed by atoms with Crippen molar-refractivity contribution < 1.29 is 0 Å². The number of nitrogens with one attached hydrogen (secondary N) is 3. The Morgan fingerprint density at radius 2 is 2.00 bits per heavy atom. The summed E-state index contributed by atoms with van der Waals surface area (Å²) >= 11 is 3.48. The molecule has 3 heterocycles. The van der Waals surface area contributed by atoms with Crippen LogP contribution in [0.3, 0.4) is 0 Å². The van der Waals surface area contributed by atoms with E-state index in [1.807, 2.05) is 35.8 Å². The van der Waals surface area contributed by atoms with Crippen molar-refractivity contribution >= 4 is 44.7 Å². The largest absolute Gasteiger partial charge is 0.357 e. The minimum atomic E-state index is 0.476. The SMILES string of the molecule is CNc1nc(C)nc(-n2c(Nc3ccn[nH]3)nc3cc(Br)ccc32)n1. The number of H-pyrrole nitrogens is 1. The first-order valence-electron chi connectivity index (χ1n) is 7.49. The van der Waals surface area contributed by atoms with Crippen molar-refractivity contribution in [2.75, 3.05) is 17.7 Å². The molecular weight excluding hydrogens is 386 g/mol. The van der Waals surface area contributed by atoms with Crippen molar-refractivity contribution in [3.63, 3.8) is 0 Å². The molecule has 0 radical (unpaired) electrons. The fraction of sp³-hybridized carbons (Fsp3) is 0.133. The number of imidazole rings is 1. The number of rotatable bonds is 4. The highest BCUT2D eigenvalue weighted by Gasteiger charge is 2.17. The molecule has 0 aliphatic heterocycles. The molecule has 0 saturated heterocycles. The number of halogens is 1. The van der Waals surface area contributed by atoms with Crippen LogP contribution in [-0.2, 0) is 0 Å². The molecule has 0 aliphatic rings. The molecule has 4 aromatic rings. The van der Waals surface area contributed by atoms with Crippen molar-refractivity contribution in [1.29, 1.82) is 0 Å². The lowest BCUT2D eigenvalue weighted by Crippen LogP contribution is -2.10. The van der Waals surface area contributed by atoms with Gasteiger partial charge in [-0.1, -0.05) is 15.9 Å². The van der Waals surface area contributed by atoms with Crippen LogP contribution in [0.15, 0.2) is 34.9 Å². The number of hydrogen-bond acceptors (Lipinski definition) is 7. The van der Waals surface area contributed by atoms with E-state index in [4.69, 9.17) is 0 Å². The first-order chi connectivity index (χ1) is 12.1. The Labute approximate surface area is 151 Å². The lowest BCUT2D eigenvalue weighted by Gasteiger charge is -2.10. The van der Waals surface area contributed by atoms with E-state index in [1.54, 1.807) is 13.2 Å².